The molecule has 0 amide bonds. The molecule has 0 aromatic heterocycles. The SMILES string of the molecule is CC1(O)OCCC1Oc1ccc(F)cc1. The third-order valence-electron chi connectivity index (χ3n) is 2.46. The fourth-order valence-electron chi connectivity index (χ4n) is 1.58. The lowest BCUT2D eigenvalue weighted by Gasteiger charge is -2.24. The van der Waals surface area contributed by atoms with Crippen molar-refractivity contribution in [2.24, 2.45) is 0 Å². The summed E-state index contributed by atoms with van der Waals surface area (Å²) in [4.78, 5) is 0. The van der Waals surface area contributed by atoms with Crippen LogP contribution in [-0.4, -0.2) is 23.6 Å². The second kappa shape index (κ2) is 3.79. The molecule has 1 aliphatic heterocycles. The minimum Gasteiger partial charge on any atom is -0.485 e. The Labute approximate surface area is 87.4 Å². The van der Waals surface area contributed by atoms with Crippen molar-refractivity contribution in [3.63, 3.8) is 0 Å². The Morgan fingerprint density at radius 3 is 2.67 bits per heavy atom. The average Bonchev–Trinajstić information content (AvgIpc) is 2.50. The zero-order valence-corrected chi connectivity index (χ0v) is 8.44. The number of aliphatic hydroxyl groups is 1. The standard InChI is InChI=1S/C11H13FO3/c1-11(13)10(6-7-14-11)15-9-4-2-8(12)3-5-9/h2-5,10,13H,6-7H2,1H3. The van der Waals surface area contributed by atoms with Crippen molar-refractivity contribution in [1.29, 1.82) is 0 Å². The van der Waals surface area contributed by atoms with Crippen molar-refractivity contribution >= 4 is 0 Å². The first-order chi connectivity index (χ1) is 7.08. The fourth-order valence-corrected chi connectivity index (χ4v) is 1.58. The molecule has 1 heterocycles. The lowest BCUT2D eigenvalue weighted by Crippen LogP contribution is -2.39. The number of halogens is 1. The summed E-state index contributed by atoms with van der Waals surface area (Å²) in [5, 5.41) is 9.75. The lowest BCUT2D eigenvalue weighted by atomic mass is 10.1. The molecule has 0 radical (unpaired) electrons. The second-order valence-corrected chi connectivity index (χ2v) is 3.75. The van der Waals surface area contributed by atoms with Gasteiger partial charge in [0.2, 0.25) is 0 Å². The fraction of sp³-hybridized carbons (Fsp3) is 0.455. The number of rotatable bonds is 2. The largest absolute Gasteiger partial charge is 0.485 e. The van der Waals surface area contributed by atoms with Crippen LogP contribution in [0.2, 0.25) is 0 Å². The lowest BCUT2D eigenvalue weighted by molar-refractivity contribution is -0.192. The summed E-state index contributed by atoms with van der Waals surface area (Å²) >= 11 is 0. The Morgan fingerprint density at radius 1 is 1.47 bits per heavy atom. The van der Waals surface area contributed by atoms with E-state index in [4.69, 9.17) is 9.47 Å². The zero-order chi connectivity index (χ0) is 10.9. The Hall–Kier alpha value is -1.13. The molecule has 82 valence electrons. The first-order valence-corrected chi connectivity index (χ1v) is 4.86. The molecule has 0 saturated carbocycles. The van der Waals surface area contributed by atoms with Gasteiger partial charge in [0.1, 0.15) is 11.6 Å². The van der Waals surface area contributed by atoms with E-state index in [0.29, 0.717) is 18.8 Å². The molecule has 0 spiro atoms. The maximum atomic E-state index is 12.6. The highest BCUT2D eigenvalue weighted by Crippen LogP contribution is 2.27. The van der Waals surface area contributed by atoms with Crippen LogP contribution in [0.1, 0.15) is 13.3 Å². The van der Waals surface area contributed by atoms with E-state index in [0.717, 1.165) is 0 Å². The normalized spacial score (nSPS) is 30.5. The van der Waals surface area contributed by atoms with Crippen molar-refractivity contribution in [2.45, 2.75) is 25.2 Å². The third-order valence-corrected chi connectivity index (χ3v) is 2.46. The Balaban J connectivity index is 2.06. The predicted octanol–water partition coefficient (Wildman–Crippen LogP) is 1.70. The number of hydrogen-bond donors (Lipinski definition) is 1. The first kappa shape index (κ1) is 10.4. The molecule has 1 N–H and O–H groups in total. The van der Waals surface area contributed by atoms with E-state index in [1.807, 2.05) is 0 Å². The molecule has 1 fully saturated rings. The molecule has 2 unspecified atom stereocenters. The van der Waals surface area contributed by atoms with Crippen molar-refractivity contribution in [3.8, 4) is 5.75 Å². The highest BCUT2D eigenvalue weighted by atomic mass is 19.1. The first-order valence-electron chi connectivity index (χ1n) is 4.86. The number of ether oxygens (including phenoxy) is 2. The van der Waals surface area contributed by atoms with Gasteiger partial charge in [-0.1, -0.05) is 0 Å². The van der Waals surface area contributed by atoms with Crippen molar-refractivity contribution in [3.05, 3.63) is 30.1 Å². The topological polar surface area (TPSA) is 38.7 Å². The maximum absolute atomic E-state index is 12.6. The van der Waals surface area contributed by atoms with Crippen LogP contribution in [0.3, 0.4) is 0 Å². The van der Waals surface area contributed by atoms with Crippen LogP contribution in [0.5, 0.6) is 5.75 Å². The van der Waals surface area contributed by atoms with E-state index in [1.54, 1.807) is 6.92 Å². The molecular weight excluding hydrogens is 199 g/mol. The van der Waals surface area contributed by atoms with Gasteiger partial charge in [-0.3, -0.25) is 0 Å². The van der Waals surface area contributed by atoms with E-state index in [1.165, 1.54) is 24.3 Å². The van der Waals surface area contributed by atoms with E-state index in [-0.39, 0.29) is 5.82 Å². The van der Waals surface area contributed by atoms with E-state index >= 15 is 0 Å². The Kier molecular flexibility index (Phi) is 2.63. The smallest absolute Gasteiger partial charge is 0.200 e. The van der Waals surface area contributed by atoms with Crippen LogP contribution in [0.4, 0.5) is 4.39 Å². The van der Waals surface area contributed by atoms with Gasteiger partial charge in [-0.25, -0.2) is 4.39 Å². The molecule has 3 nitrogen and oxygen atoms in total. The molecule has 2 atom stereocenters. The summed E-state index contributed by atoms with van der Waals surface area (Å²) in [7, 11) is 0. The quantitative estimate of drug-likeness (QED) is 0.811. The summed E-state index contributed by atoms with van der Waals surface area (Å²) in [6.45, 7) is 2.03. The van der Waals surface area contributed by atoms with Crippen LogP contribution in [0.15, 0.2) is 24.3 Å². The molecule has 15 heavy (non-hydrogen) atoms. The summed E-state index contributed by atoms with van der Waals surface area (Å²) in [6.07, 6.45) is 0.229. The molecule has 0 bridgehead atoms. The second-order valence-electron chi connectivity index (χ2n) is 3.75. The van der Waals surface area contributed by atoms with Gasteiger partial charge in [-0.2, -0.15) is 0 Å². The molecule has 4 heteroatoms. The van der Waals surface area contributed by atoms with Crippen LogP contribution in [-0.2, 0) is 4.74 Å². The maximum Gasteiger partial charge on any atom is 0.200 e. The summed E-state index contributed by atoms with van der Waals surface area (Å²) in [5.41, 5.74) is 0. The van der Waals surface area contributed by atoms with Gasteiger partial charge >= 0.3 is 0 Å². The molecule has 2 rings (SSSR count). The average molecular weight is 212 g/mol. The molecule has 0 aliphatic carbocycles. The van der Waals surface area contributed by atoms with Gasteiger partial charge in [-0.05, 0) is 31.2 Å². The van der Waals surface area contributed by atoms with Gasteiger partial charge in [0, 0.05) is 6.42 Å². The van der Waals surface area contributed by atoms with E-state index < -0.39 is 11.9 Å². The third kappa shape index (κ3) is 2.27. The van der Waals surface area contributed by atoms with Crippen molar-refractivity contribution in [1.82, 2.24) is 0 Å². The number of benzene rings is 1. The predicted molar refractivity (Wildman–Crippen MR) is 52.0 cm³/mol. The monoisotopic (exact) mass is 212 g/mol. The van der Waals surface area contributed by atoms with Crippen LogP contribution >= 0.6 is 0 Å². The van der Waals surface area contributed by atoms with Crippen molar-refractivity contribution < 1.29 is 19.0 Å². The van der Waals surface area contributed by atoms with E-state index in [2.05, 4.69) is 0 Å². The van der Waals surface area contributed by atoms with Crippen LogP contribution < -0.4 is 4.74 Å². The summed E-state index contributed by atoms with van der Waals surface area (Å²) < 4.78 is 23.2. The molecular formula is C11H13FO3. The van der Waals surface area contributed by atoms with E-state index in [9.17, 15) is 9.50 Å². The van der Waals surface area contributed by atoms with Crippen LogP contribution in [0.25, 0.3) is 0 Å². The van der Waals surface area contributed by atoms with Crippen LogP contribution in [0, 0.1) is 5.82 Å². The molecule has 1 aliphatic rings. The van der Waals surface area contributed by atoms with Gasteiger partial charge in [-0.15, -0.1) is 0 Å². The number of hydrogen-bond acceptors (Lipinski definition) is 3. The summed E-state index contributed by atoms with van der Waals surface area (Å²) in [6, 6.07) is 5.70. The highest BCUT2D eigenvalue weighted by molar-refractivity contribution is 5.22. The van der Waals surface area contributed by atoms with Gasteiger partial charge < -0.3 is 14.6 Å². The highest BCUT2D eigenvalue weighted by Gasteiger charge is 2.40. The zero-order valence-electron chi connectivity index (χ0n) is 8.44. The molecule has 1 saturated heterocycles. The minimum absolute atomic E-state index is 0.309. The van der Waals surface area contributed by atoms with Crippen molar-refractivity contribution in [2.75, 3.05) is 6.61 Å². The summed E-state index contributed by atoms with van der Waals surface area (Å²) in [5.74, 6) is -1.03. The van der Waals surface area contributed by atoms with Gasteiger partial charge in [0.25, 0.3) is 0 Å². The van der Waals surface area contributed by atoms with Gasteiger partial charge in [0.05, 0.1) is 6.61 Å². The Morgan fingerprint density at radius 2 is 2.13 bits per heavy atom. The molecule has 1 aromatic carbocycles. The molecule has 1 aromatic rings. The van der Waals surface area contributed by atoms with Gasteiger partial charge in [0.15, 0.2) is 11.9 Å². The minimum atomic E-state index is -1.26. The Bertz CT molecular complexity index is 334.